The number of carbonyl (C=O) groups is 1. The summed E-state index contributed by atoms with van der Waals surface area (Å²) < 4.78 is 0. The standard InChI is InChI=1S/C18H28N2O/c1-14(17(21)20-16-11-7-8-12-16)19-13-18(2,3)15-9-5-4-6-10-15/h4-6,9-10,14,16,19H,7-8,11-13H2,1-3H3,(H,20,21). The lowest BCUT2D eigenvalue weighted by Crippen LogP contribution is -2.48. The van der Waals surface area contributed by atoms with Gasteiger partial charge in [-0.05, 0) is 25.3 Å². The fraction of sp³-hybridized carbons (Fsp3) is 0.611. The van der Waals surface area contributed by atoms with Crippen molar-refractivity contribution >= 4 is 5.91 Å². The fourth-order valence-electron chi connectivity index (χ4n) is 2.89. The van der Waals surface area contributed by atoms with Crippen molar-refractivity contribution in [1.82, 2.24) is 10.6 Å². The highest BCUT2D eigenvalue weighted by Gasteiger charge is 2.24. The van der Waals surface area contributed by atoms with Crippen LogP contribution in [0.5, 0.6) is 0 Å². The smallest absolute Gasteiger partial charge is 0.237 e. The fourth-order valence-corrected chi connectivity index (χ4v) is 2.89. The van der Waals surface area contributed by atoms with Gasteiger partial charge in [0.25, 0.3) is 0 Å². The number of rotatable bonds is 6. The van der Waals surface area contributed by atoms with E-state index in [4.69, 9.17) is 0 Å². The van der Waals surface area contributed by atoms with E-state index in [1.165, 1.54) is 18.4 Å². The third-order valence-electron chi connectivity index (χ3n) is 4.50. The van der Waals surface area contributed by atoms with Gasteiger partial charge in [0.1, 0.15) is 0 Å². The van der Waals surface area contributed by atoms with Gasteiger partial charge in [0, 0.05) is 18.0 Å². The Morgan fingerprint density at radius 2 is 1.86 bits per heavy atom. The highest BCUT2D eigenvalue weighted by atomic mass is 16.2. The van der Waals surface area contributed by atoms with Crippen LogP contribution >= 0.6 is 0 Å². The van der Waals surface area contributed by atoms with Crippen LogP contribution in [0.3, 0.4) is 0 Å². The van der Waals surface area contributed by atoms with Gasteiger partial charge >= 0.3 is 0 Å². The first-order chi connectivity index (χ1) is 9.99. The molecule has 2 N–H and O–H groups in total. The minimum Gasteiger partial charge on any atom is -0.352 e. The van der Waals surface area contributed by atoms with Gasteiger partial charge in [-0.2, -0.15) is 0 Å². The van der Waals surface area contributed by atoms with E-state index in [9.17, 15) is 4.79 Å². The average Bonchev–Trinajstić information content (AvgIpc) is 2.98. The van der Waals surface area contributed by atoms with Gasteiger partial charge in [0.2, 0.25) is 5.91 Å². The highest BCUT2D eigenvalue weighted by molar-refractivity contribution is 5.81. The molecule has 2 rings (SSSR count). The van der Waals surface area contributed by atoms with E-state index >= 15 is 0 Å². The Morgan fingerprint density at radius 1 is 1.24 bits per heavy atom. The molecule has 1 aromatic carbocycles. The summed E-state index contributed by atoms with van der Waals surface area (Å²) in [6, 6.07) is 10.7. The number of hydrogen-bond donors (Lipinski definition) is 2. The summed E-state index contributed by atoms with van der Waals surface area (Å²) in [5.74, 6) is 0.130. The first kappa shape index (κ1) is 16.0. The number of benzene rings is 1. The molecular formula is C18H28N2O. The Kier molecular flexibility index (Phi) is 5.40. The second kappa shape index (κ2) is 7.08. The highest BCUT2D eigenvalue weighted by Crippen LogP contribution is 2.22. The van der Waals surface area contributed by atoms with Crippen LogP contribution in [0.15, 0.2) is 30.3 Å². The van der Waals surface area contributed by atoms with E-state index in [0.29, 0.717) is 6.04 Å². The summed E-state index contributed by atoms with van der Waals surface area (Å²) in [5.41, 5.74) is 1.31. The Bertz CT molecular complexity index is 450. The number of nitrogens with one attached hydrogen (secondary N) is 2. The van der Waals surface area contributed by atoms with Crippen LogP contribution in [0, 0.1) is 0 Å². The molecule has 0 bridgehead atoms. The van der Waals surface area contributed by atoms with Gasteiger partial charge in [0.15, 0.2) is 0 Å². The zero-order valence-corrected chi connectivity index (χ0v) is 13.5. The number of hydrogen-bond acceptors (Lipinski definition) is 2. The predicted octanol–water partition coefficient (Wildman–Crippen LogP) is 3.00. The van der Waals surface area contributed by atoms with Crippen molar-refractivity contribution in [2.75, 3.05) is 6.54 Å². The van der Waals surface area contributed by atoms with Gasteiger partial charge in [-0.1, -0.05) is 57.0 Å². The molecule has 3 nitrogen and oxygen atoms in total. The molecule has 1 fully saturated rings. The van der Waals surface area contributed by atoms with Gasteiger partial charge in [0.05, 0.1) is 6.04 Å². The first-order valence-corrected chi connectivity index (χ1v) is 8.08. The maximum absolute atomic E-state index is 12.2. The lowest BCUT2D eigenvalue weighted by Gasteiger charge is -2.28. The molecule has 1 amide bonds. The van der Waals surface area contributed by atoms with Gasteiger partial charge in [-0.15, -0.1) is 0 Å². The quantitative estimate of drug-likeness (QED) is 0.845. The minimum absolute atomic E-state index is 0.0170. The molecule has 1 saturated carbocycles. The topological polar surface area (TPSA) is 41.1 Å². The Labute approximate surface area is 128 Å². The van der Waals surface area contributed by atoms with Crippen LogP contribution in [-0.2, 0) is 10.2 Å². The van der Waals surface area contributed by atoms with Crippen LogP contribution in [0.2, 0.25) is 0 Å². The SMILES string of the molecule is CC(NCC(C)(C)c1ccccc1)C(=O)NC1CCCC1. The molecule has 0 spiro atoms. The summed E-state index contributed by atoms with van der Waals surface area (Å²) in [6.07, 6.45) is 4.75. The summed E-state index contributed by atoms with van der Waals surface area (Å²) in [5, 5.41) is 6.54. The Hall–Kier alpha value is -1.35. The number of carbonyl (C=O) groups excluding carboxylic acids is 1. The zero-order valence-electron chi connectivity index (χ0n) is 13.5. The third-order valence-corrected chi connectivity index (χ3v) is 4.50. The maximum Gasteiger partial charge on any atom is 0.237 e. The van der Waals surface area contributed by atoms with Gasteiger partial charge in [-0.25, -0.2) is 0 Å². The molecule has 1 unspecified atom stereocenters. The first-order valence-electron chi connectivity index (χ1n) is 8.08. The largest absolute Gasteiger partial charge is 0.352 e. The van der Waals surface area contributed by atoms with Crippen molar-refractivity contribution in [3.8, 4) is 0 Å². The summed E-state index contributed by atoms with van der Waals surface area (Å²) in [4.78, 5) is 12.2. The monoisotopic (exact) mass is 288 g/mol. The number of amides is 1. The lowest BCUT2D eigenvalue weighted by atomic mass is 9.84. The predicted molar refractivity (Wildman–Crippen MR) is 87.3 cm³/mol. The minimum atomic E-state index is -0.145. The van der Waals surface area contributed by atoms with Crippen molar-refractivity contribution in [2.45, 2.75) is 64.0 Å². The Morgan fingerprint density at radius 3 is 2.48 bits per heavy atom. The maximum atomic E-state index is 12.2. The van der Waals surface area contributed by atoms with Crippen LogP contribution in [0.1, 0.15) is 52.0 Å². The second-order valence-electron chi connectivity index (χ2n) is 6.84. The van der Waals surface area contributed by atoms with Crippen molar-refractivity contribution in [2.24, 2.45) is 0 Å². The molecule has 0 aliphatic heterocycles. The summed E-state index contributed by atoms with van der Waals surface area (Å²) in [6.45, 7) is 7.15. The van der Waals surface area contributed by atoms with E-state index in [0.717, 1.165) is 19.4 Å². The van der Waals surface area contributed by atoms with Crippen LogP contribution in [-0.4, -0.2) is 24.5 Å². The molecule has 0 saturated heterocycles. The second-order valence-corrected chi connectivity index (χ2v) is 6.84. The van der Waals surface area contributed by atoms with Crippen LogP contribution in [0.4, 0.5) is 0 Å². The van der Waals surface area contributed by atoms with Gasteiger partial charge < -0.3 is 10.6 Å². The van der Waals surface area contributed by atoms with Crippen LogP contribution in [0.25, 0.3) is 0 Å². The third kappa shape index (κ3) is 4.57. The summed E-state index contributed by atoms with van der Waals surface area (Å²) in [7, 11) is 0. The molecule has 0 aromatic heterocycles. The molecule has 1 aromatic rings. The molecule has 1 aliphatic carbocycles. The molecule has 1 atom stereocenters. The van der Waals surface area contributed by atoms with E-state index in [2.05, 4.69) is 48.7 Å². The Balaban J connectivity index is 1.82. The van der Waals surface area contributed by atoms with Crippen molar-refractivity contribution in [3.05, 3.63) is 35.9 Å². The van der Waals surface area contributed by atoms with E-state index in [1.54, 1.807) is 0 Å². The van der Waals surface area contributed by atoms with Crippen molar-refractivity contribution in [3.63, 3.8) is 0 Å². The molecule has 1 aliphatic rings. The van der Waals surface area contributed by atoms with E-state index < -0.39 is 0 Å². The van der Waals surface area contributed by atoms with Crippen molar-refractivity contribution in [1.29, 1.82) is 0 Å². The summed E-state index contributed by atoms with van der Waals surface area (Å²) >= 11 is 0. The van der Waals surface area contributed by atoms with E-state index in [-0.39, 0.29) is 17.4 Å². The van der Waals surface area contributed by atoms with Crippen LogP contribution < -0.4 is 10.6 Å². The molecule has 0 heterocycles. The normalized spacial score (nSPS) is 17.7. The zero-order chi connectivity index (χ0) is 15.3. The molecular weight excluding hydrogens is 260 g/mol. The molecule has 116 valence electrons. The van der Waals surface area contributed by atoms with Crippen molar-refractivity contribution < 1.29 is 4.79 Å². The molecule has 21 heavy (non-hydrogen) atoms. The van der Waals surface area contributed by atoms with E-state index in [1.807, 2.05) is 13.0 Å². The average molecular weight is 288 g/mol. The lowest BCUT2D eigenvalue weighted by molar-refractivity contribution is -0.123. The molecule has 3 heteroatoms. The molecule has 0 radical (unpaired) electrons. The van der Waals surface area contributed by atoms with Gasteiger partial charge in [-0.3, -0.25) is 4.79 Å².